The van der Waals surface area contributed by atoms with Crippen LogP contribution in [0.4, 0.5) is 5.82 Å². The first-order chi connectivity index (χ1) is 10.0. The minimum Gasteiger partial charge on any atom is -0.313 e. The van der Waals surface area contributed by atoms with E-state index in [9.17, 15) is 13.2 Å². The minimum absolute atomic E-state index is 0.0628. The van der Waals surface area contributed by atoms with Crippen LogP contribution in [0.25, 0.3) is 0 Å². The van der Waals surface area contributed by atoms with Gasteiger partial charge in [-0.2, -0.15) is 5.10 Å². The minimum atomic E-state index is -3.76. The molecule has 2 rings (SSSR count). The summed E-state index contributed by atoms with van der Waals surface area (Å²) in [7, 11) is -3.76. The van der Waals surface area contributed by atoms with E-state index in [1.807, 2.05) is 6.92 Å². The number of nitrogens with zero attached hydrogens (tertiary/aromatic N) is 1. The summed E-state index contributed by atoms with van der Waals surface area (Å²) in [6.07, 6.45) is 0. The van der Waals surface area contributed by atoms with Crippen LogP contribution in [-0.4, -0.2) is 25.2 Å². The maximum atomic E-state index is 12.4. The standard InChI is InChI=1S/C13H16N4O3S/c1-2-14-9-10-5-3-4-6-11(10)21(19,20)17-12-7-8-13(18)16-15-12/h3-8,14H,2,9H2,1H3,(H,15,17)(H,16,18). The molecule has 0 saturated carbocycles. The lowest BCUT2D eigenvalue weighted by Gasteiger charge is -2.11. The van der Waals surface area contributed by atoms with E-state index >= 15 is 0 Å². The Balaban J connectivity index is 2.31. The Morgan fingerprint density at radius 2 is 1.95 bits per heavy atom. The first kappa shape index (κ1) is 15.2. The van der Waals surface area contributed by atoms with Gasteiger partial charge < -0.3 is 5.32 Å². The molecule has 0 radical (unpaired) electrons. The SMILES string of the molecule is CCNCc1ccccc1S(=O)(=O)Nc1ccc(=O)[nH]n1. The molecule has 7 nitrogen and oxygen atoms in total. The number of anilines is 1. The van der Waals surface area contributed by atoms with Gasteiger partial charge in [0.15, 0.2) is 5.82 Å². The first-order valence-electron chi connectivity index (χ1n) is 6.40. The molecular formula is C13H16N4O3S. The van der Waals surface area contributed by atoms with E-state index in [2.05, 4.69) is 20.2 Å². The average molecular weight is 308 g/mol. The third-order valence-electron chi connectivity index (χ3n) is 2.75. The molecule has 0 aliphatic heterocycles. The van der Waals surface area contributed by atoms with Gasteiger partial charge in [-0.05, 0) is 24.2 Å². The van der Waals surface area contributed by atoms with Crippen molar-refractivity contribution in [3.63, 3.8) is 0 Å². The molecule has 1 aromatic carbocycles. The van der Waals surface area contributed by atoms with Crippen LogP contribution in [0.3, 0.4) is 0 Å². The fraction of sp³-hybridized carbons (Fsp3) is 0.231. The number of hydrogen-bond acceptors (Lipinski definition) is 5. The van der Waals surface area contributed by atoms with Gasteiger partial charge in [0.2, 0.25) is 0 Å². The summed E-state index contributed by atoms with van der Waals surface area (Å²) in [5.41, 5.74) is 0.266. The Morgan fingerprint density at radius 1 is 1.19 bits per heavy atom. The lowest BCUT2D eigenvalue weighted by atomic mass is 10.2. The molecule has 0 unspecified atom stereocenters. The van der Waals surface area contributed by atoms with E-state index in [1.165, 1.54) is 18.2 Å². The van der Waals surface area contributed by atoms with E-state index in [0.29, 0.717) is 12.1 Å². The molecule has 112 valence electrons. The third kappa shape index (κ3) is 3.89. The van der Waals surface area contributed by atoms with Gasteiger partial charge in [-0.1, -0.05) is 25.1 Å². The fourth-order valence-corrected chi connectivity index (χ4v) is 3.01. The van der Waals surface area contributed by atoms with Crippen molar-refractivity contribution in [3.05, 3.63) is 52.3 Å². The second-order valence-electron chi connectivity index (χ2n) is 4.30. The fourth-order valence-electron chi connectivity index (χ4n) is 1.77. The van der Waals surface area contributed by atoms with Gasteiger partial charge in [0.25, 0.3) is 15.6 Å². The number of sulfonamides is 1. The molecule has 8 heteroatoms. The van der Waals surface area contributed by atoms with E-state index in [-0.39, 0.29) is 10.7 Å². The van der Waals surface area contributed by atoms with E-state index in [1.54, 1.807) is 18.2 Å². The predicted octanol–water partition coefficient (Wildman–Crippen LogP) is 0.680. The Labute approximate surface area is 122 Å². The lowest BCUT2D eigenvalue weighted by Crippen LogP contribution is -2.20. The Hall–Kier alpha value is -2.19. The molecule has 0 spiro atoms. The average Bonchev–Trinajstić information content (AvgIpc) is 2.47. The van der Waals surface area contributed by atoms with Gasteiger partial charge in [-0.25, -0.2) is 13.5 Å². The first-order valence-corrected chi connectivity index (χ1v) is 7.88. The normalized spacial score (nSPS) is 11.3. The number of rotatable bonds is 6. The van der Waals surface area contributed by atoms with Gasteiger partial charge in [0, 0.05) is 12.6 Å². The van der Waals surface area contributed by atoms with Crippen molar-refractivity contribution < 1.29 is 8.42 Å². The number of H-pyrrole nitrogens is 1. The predicted molar refractivity (Wildman–Crippen MR) is 79.5 cm³/mol. The highest BCUT2D eigenvalue weighted by Crippen LogP contribution is 2.18. The number of nitrogens with one attached hydrogen (secondary N) is 3. The molecule has 3 N–H and O–H groups in total. The van der Waals surface area contributed by atoms with Crippen LogP contribution in [0, 0.1) is 0 Å². The molecule has 0 aliphatic rings. The van der Waals surface area contributed by atoms with Crippen molar-refractivity contribution in [1.82, 2.24) is 15.5 Å². The smallest absolute Gasteiger partial charge is 0.264 e. The number of aromatic amines is 1. The van der Waals surface area contributed by atoms with Gasteiger partial charge in [-0.15, -0.1) is 0 Å². The second kappa shape index (κ2) is 6.51. The van der Waals surface area contributed by atoms with Crippen LogP contribution < -0.4 is 15.6 Å². The molecule has 1 aromatic heterocycles. The number of aromatic nitrogens is 2. The van der Waals surface area contributed by atoms with Crippen LogP contribution >= 0.6 is 0 Å². The Kier molecular flexibility index (Phi) is 4.71. The summed E-state index contributed by atoms with van der Waals surface area (Å²) >= 11 is 0. The van der Waals surface area contributed by atoms with Crippen molar-refractivity contribution in [2.24, 2.45) is 0 Å². The van der Waals surface area contributed by atoms with Gasteiger partial charge in [0.1, 0.15) is 0 Å². The summed E-state index contributed by atoms with van der Waals surface area (Å²) in [5, 5.41) is 8.91. The molecule has 0 saturated heterocycles. The zero-order valence-electron chi connectivity index (χ0n) is 11.5. The largest absolute Gasteiger partial charge is 0.313 e. The monoisotopic (exact) mass is 308 g/mol. The summed E-state index contributed by atoms with van der Waals surface area (Å²) < 4.78 is 27.1. The molecule has 0 atom stereocenters. The molecule has 0 aliphatic carbocycles. The highest BCUT2D eigenvalue weighted by Gasteiger charge is 2.18. The zero-order valence-corrected chi connectivity index (χ0v) is 12.3. The Bertz CT molecular complexity index is 750. The second-order valence-corrected chi connectivity index (χ2v) is 5.95. The van der Waals surface area contributed by atoms with E-state index in [0.717, 1.165) is 6.54 Å². The van der Waals surface area contributed by atoms with Crippen LogP contribution in [0.1, 0.15) is 12.5 Å². The van der Waals surface area contributed by atoms with Crippen LogP contribution in [-0.2, 0) is 16.6 Å². The maximum absolute atomic E-state index is 12.4. The molecule has 21 heavy (non-hydrogen) atoms. The van der Waals surface area contributed by atoms with Crippen LogP contribution in [0.5, 0.6) is 0 Å². The molecule has 0 fully saturated rings. The zero-order chi connectivity index (χ0) is 15.3. The van der Waals surface area contributed by atoms with Crippen molar-refractivity contribution in [1.29, 1.82) is 0 Å². The maximum Gasteiger partial charge on any atom is 0.264 e. The third-order valence-corrected chi connectivity index (χ3v) is 4.20. The van der Waals surface area contributed by atoms with Crippen molar-refractivity contribution in [2.45, 2.75) is 18.4 Å². The quantitative estimate of drug-likeness (QED) is 0.728. The lowest BCUT2D eigenvalue weighted by molar-refractivity contribution is 0.598. The topological polar surface area (TPSA) is 104 Å². The highest BCUT2D eigenvalue weighted by molar-refractivity contribution is 7.92. The van der Waals surface area contributed by atoms with E-state index in [4.69, 9.17) is 0 Å². The molecule has 2 aromatic rings. The summed E-state index contributed by atoms with van der Waals surface area (Å²) in [5.74, 6) is 0.0628. The molecule has 0 bridgehead atoms. The summed E-state index contributed by atoms with van der Waals surface area (Å²) in [4.78, 5) is 11.1. The summed E-state index contributed by atoms with van der Waals surface area (Å²) in [6.45, 7) is 3.13. The Morgan fingerprint density at radius 3 is 2.62 bits per heavy atom. The van der Waals surface area contributed by atoms with Crippen molar-refractivity contribution >= 4 is 15.8 Å². The molecule has 1 heterocycles. The molecule has 0 amide bonds. The number of benzene rings is 1. The van der Waals surface area contributed by atoms with Gasteiger partial charge >= 0.3 is 0 Å². The van der Waals surface area contributed by atoms with Crippen molar-refractivity contribution in [2.75, 3.05) is 11.3 Å². The van der Waals surface area contributed by atoms with Gasteiger partial charge in [-0.3, -0.25) is 9.52 Å². The van der Waals surface area contributed by atoms with Crippen LogP contribution in [0.2, 0.25) is 0 Å². The number of hydrogen-bond donors (Lipinski definition) is 3. The summed E-state index contributed by atoms with van der Waals surface area (Å²) in [6, 6.07) is 9.23. The molecular weight excluding hydrogens is 292 g/mol. The highest BCUT2D eigenvalue weighted by atomic mass is 32.2. The van der Waals surface area contributed by atoms with E-state index < -0.39 is 15.6 Å². The van der Waals surface area contributed by atoms with Crippen molar-refractivity contribution in [3.8, 4) is 0 Å². The van der Waals surface area contributed by atoms with Gasteiger partial charge in [0.05, 0.1) is 4.90 Å². The van der Waals surface area contributed by atoms with Crippen LogP contribution in [0.15, 0.2) is 46.1 Å².